The molecule has 0 saturated carbocycles. The van der Waals surface area contributed by atoms with E-state index in [0.717, 1.165) is 6.54 Å². The largest absolute Gasteiger partial charge is 0.310 e. The van der Waals surface area contributed by atoms with Gasteiger partial charge in [0.15, 0.2) is 0 Å². The van der Waals surface area contributed by atoms with E-state index in [2.05, 4.69) is 66.8 Å². The van der Waals surface area contributed by atoms with Crippen molar-refractivity contribution in [1.29, 1.82) is 0 Å². The lowest BCUT2D eigenvalue weighted by molar-refractivity contribution is 0.485. The van der Waals surface area contributed by atoms with Crippen LogP contribution in [-0.4, -0.2) is 12.3 Å². The number of nitrogens with one attached hydrogen (secondary N) is 1. The predicted molar refractivity (Wildman–Crippen MR) is 82.8 cm³/mol. The van der Waals surface area contributed by atoms with Gasteiger partial charge < -0.3 is 5.32 Å². The van der Waals surface area contributed by atoms with Gasteiger partial charge in [-0.25, -0.2) is 0 Å². The van der Waals surface area contributed by atoms with Crippen LogP contribution in [-0.2, 0) is 0 Å². The number of hydrogen-bond donors (Lipinski definition) is 1. The monoisotopic (exact) mass is 269 g/mol. The van der Waals surface area contributed by atoms with Gasteiger partial charge in [-0.15, -0.1) is 11.8 Å². The molecule has 1 aliphatic rings. The second kappa shape index (κ2) is 5.81. The predicted octanol–water partition coefficient (Wildman–Crippen LogP) is 4.23. The van der Waals surface area contributed by atoms with Crippen molar-refractivity contribution in [3.05, 3.63) is 65.7 Å². The fourth-order valence-corrected chi connectivity index (χ4v) is 4.13. The molecule has 1 nitrogen and oxygen atoms in total. The first-order chi connectivity index (χ1) is 9.40. The van der Waals surface area contributed by atoms with Crippen LogP contribution in [0.1, 0.15) is 30.0 Å². The summed E-state index contributed by atoms with van der Waals surface area (Å²) in [4.78, 5) is 1.45. The molecule has 19 heavy (non-hydrogen) atoms. The summed E-state index contributed by atoms with van der Waals surface area (Å²) in [6, 6.07) is 20.1. The highest BCUT2D eigenvalue weighted by Gasteiger charge is 2.30. The minimum atomic E-state index is 0.419. The van der Waals surface area contributed by atoms with Crippen LogP contribution in [0.3, 0.4) is 0 Å². The average Bonchev–Trinajstić information content (AvgIpc) is 2.89. The number of likely N-dealkylation sites (N-methyl/N-ethyl adjacent to an activating group) is 1. The number of rotatable bonds is 4. The van der Waals surface area contributed by atoms with Gasteiger partial charge in [-0.1, -0.05) is 55.5 Å². The molecule has 2 aromatic carbocycles. The standard InChI is InChI=1S/C17H19NS/c1-2-18-17(13-8-4-3-5-9-13)15-12-19-16-11-7-6-10-14(15)16/h3-11,15,17-18H,2,12H2,1H3. The van der Waals surface area contributed by atoms with E-state index in [1.807, 2.05) is 11.8 Å². The maximum absolute atomic E-state index is 3.67. The maximum Gasteiger partial charge on any atom is 0.0397 e. The molecule has 0 aromatic heterocycles. The van der Waals surface area contributed by atoms with E-state index in [-0.39, 0.29) is 0 Å². The third kappa shape index (κ3) is 2.56. The van der Waals surface area contributed by atoms with E-state index < -0.39 is 0 Å². The van der Waals surface area contributed by atoms with E-state index in [0.29, 0.717) is 12.0 Å². The quantitative estimate of drug-likeness (QED) is 0.891. The molecule has 0 amide bonds. The van der Waals surface area contributed by atoms with Crippen molar-refractivity contribution in [1.82, 2.24) is 5.32 Å². The topological polar surface area (TPSA) is 12.0 Å². The minimum Gasteiger partial charge on any atom is -0.310 e. The van der Waals surface area contributed by atoms with E-state index in [4.69, 9.17) is 0 Å². The van der Waals surface area contributed by atoms with Crippen LogP contribution in [0.4, 0.5) is 0 Å². The first-order valence-electron chi connectivity index (χ1n) is 6.90. The van der Waals surface area contributed by atoms with Crippen molar-refractivity contribution in [2.75, 3.05) is 12.3 Å². The normalized spacial score (nSPS) is 19.1. The summed E-state index contributed by atoms with van der Waals surface area (Å²) in [5.41, 5.74) is 2.90. The second-order valence-electron chi connectivity index (χ2n) is 4.90. The molecule has 98 valence electrons. The van der Waals surface area contributed by atoms with Crippen molar-refractivity contribution in [3.8, 4) is 0 Å². The molecule has 3 rings (SSSR count). The molecule has 1 N–H and O–H groups in total. The summed E-state index contributed by atoms with van der Waals surface area (Å²) in [6.45, 7) is 3.19. The van der Waals surface area contributed by atoms with Crippen LogP contribution in [0.5, 0.6) is 0 Å². The number of hydrogen-bond acceptors (Lipinski definition) is 2. The smallest absolute Gasteiger partial charge is 0.0397 e. The lowest BCUT2D eigenvalue weighted by Crippen LogP contribution is -2.27. The van der Waals surface area contributed by atoms with Gasteiger partial charge in [-0.05, 0) is 23.7 Å². The van der Waals surface area contributed by atoms with Crippen LogP contribution in [0.15, 0.2) is 59.5 Å². The van der Waals surface area contributed by atoms with E-state index in [9.17, 15) is 0 Å². The zero-order valence-electron chi connectivity index (χ0n) is 11.2. The number of benzene rings is 2. The van der Waals surface area contributed by atoms with Crippen LogP contribution in [0, 0.1) is 0 Å². The number of fused-ring (bicyclic) bond motifs is 1. The zero-order valence-corrected chi connectivity index (χ0v) is 12.0. The van der Waals surface area contributed by atoms with Gasteiger partial charge in [-0.2, -0.15) is 0 Å². The van der Waals surface area contributed by atoms with Crippen LogP contribution in [0.25, 0.3) is 0 Å². The van der Waals surface area contributed by atoms with Crippen molar-refractivity contribution < 1.29 is 0 Å². The molecule has 0 fully saturated rings. The Morgan fingerprint density at radius 1 is 1.11 bits per heavy atom. The second-order valence-corrected chi connectivity index (χ2v) is 5.96. The fourth-order valence-electron chi connectivity index (χ4n) is 2.84. The van der Waals surface area contributed by atoms with Gasteiger partial charge in [0.05, 0.1) is 0 Å². The van der Waals surface area contributed by atoms with Crippen LogP contribution in [0.2, 0.25) is 0 Å². The summed E-state index contributed by atoms with van der Waals surface area (Å²) in [6.07, 6.45) is 0. The SMILES string of the molecule is CCNC(c1ccccc1)C1CSc2ccccc21. The first-order valence-corrected chi connectivity index (χ1v) is 7.88. The highest BCUT2D eigenvalue weighted by Crippen LogP contribution is 2.45. The third-order valence-corrected chi connectivity index (χ3v) is 4.93. The molecule has 1 heterocycles. The molecule has 2 unspecified atom stereocenters. The molecule has 2 atom stereocenters. The highest BCUT2D eigenvalue weighted by atomic mass is 32.2. The van der Waals surface area contributed by atoms with Crippen LogP contribution < -0.4 is 5.32 Å². The Labute approximate surface area is 119 Å². The van der Waals surface area contributed by atoms with Crippen LogP contribution >= 0.6 is 11.8 Å². The van der Waals surface area contributed by atoms with Gasteiger partial charge in [0.1, 0.15) is 0 Å². The maximum atomic E-state index is 3.67. The van der Waals surface area contributed by atoms with Gasteiger partial charge in [0.2, 0.25) is 0 Å². The molecule has 0 spiro atoms. The van der Waals surface area contributed by atoms with Gasteiger partial charge in [0, 0.05) is 22.6 Å². The summed E-state index contributed by atoms with van der Waals surface area (Å²) in [5, 5.41) is 3.67. The lowest BCUT2D eigenvalue weighted by atomic mass is 9.88. The average molecular weight is 269 g/mol. The first kappa shape index (κ1) is 12.8. The molecule has 2 aromatic rings. The van der Waals surface area contributed by atoms with Crippen molar-refractivity contribution in [3.63, 3.8) is 0 Å². The Bertz CT molecular complexity index is 538. The lowest BCUT2D eigenvalue weighted by Gasteiger charge is -2.25. The summed E-state index contributed by atoms with van der Waals surface area (Å²) in [5.74, 6) is 1.75. The zero-order chi connectivity index (χ0) is 13.1. The fraction of sp³-hybridized carbons (Fsp3) is 0.294. The highest BCUT2D eigenvalue weighted by molar-refractivity contribution is 7.99. The van der Waals surface area contributed by atoms with Crippen molar-refractivity contribution >= 4 is 11.8 Å². The third-order valence-electron chi connectivity index (χ3n) is 3.72. The molecule has 0 saturated heterocycles. The Kier molecular flexibility index (Phi) is 3.90. The molecule has 0 bridgehead atoms. The molecule has 2 heteroatoms. The van der Waals surface area contributed by atoms with Crippen molar-refractivity contribution in [2.24, 2.45) is 0 Å². The molecular weight excluding hydrogens is 250 g/mol. The molecule has 0 aliphatic carbocycles. The Balaban J connectivity index is 1.94. The Morgan fingerprint density at radius 2 is 1.84 bits per heavy atom. The molecule has 1 aliphatic heterocycles. The summed E-state index contributed by atoms with van der Waals surface area (Å²) in [7, 11) is 0. The van der Waals surface area contributed by atoms with E-state index in [1.54, 1.807) is 0 Å². The summed E-state index contributed by atoms with van der Waals surface area (Å²) >= 11 is 1.98. The van der Waals surface area contributed by atoms with E-state index >= 15 is 0 Å². The van der Waals surface area contributed by atoms with Crippen molar-refractivity contribution in [2.45, 2.75) is 23.8 Å². The molecular formula is C17H19NS. The minimum absolute atomic E-state index is 0.419. The van der Waals surface area contributed by atoms with Gasteiger partial charge >= 0.3 is 0 Å². The Morgan fingerprint density at radius 3 is 2.63 bits per heavy atom. The van der Waals surface area contributed by atoms with E-state index in [1.165, 1.54) is 21.8 Å². The molecule has 0 radical (unpaired) electrons. The summed E-state index contributed by atoms with van der Waals surface area (Å²) < 4.78 is 0. The van der Waals surface area contributed by atoms with Gasteiger partial charge in [0.25, 0.3) is 0 Å². The van der Waals surface area contributed by atoms with Gasteiger partial charge in [-0.3, -0.25) is 0 Å². The Hall–Kier alpha value is -1.25. The number of thioether (sulfide) groups is 1.